The molecule has 0 heterocycles. The van der Waals surface area contributed by atoms with Gasteiger partial charge in [0.05, 0.1) is 5.75 Å². The highest BCUT2D eigenvalue weighted by Crippen LogP contribution is 2.30. The fourth-order valence-electron chi connectivity index (χ4n) is 3.64. The minimum absolute atomic E-state index is 0.0286. The summed E-state index contributed by atoms with van der Waals surface area (Å²) in [6, 6.07) is 14.6. The van der Waals surface area contributed by atoms with Gasteiger partial charge in [-0.15, -0.1) is 0 Å². The van der Waals surface area contributed by atoms with Crippen molar-refractivity contribution in [2.75, 3.05) is 19.8 Å². The van der Waals surface area contributed by atoms with Crippen LogP contribution < -0.4 is 10.6 Å². The third-order valence-electron chi connectivity index (χ3n) is 5.59. The van der Waals surface area contributed by atoms with Crippen LogP contribution in [0.2, 0.25) is 0 Å². The normalized spacial score (nSPS) is 12.6. The Morgan fingerprint density at radius 2 is 1.70 bits per heavy atom. The molecule has 2 rings (SSSR count). The zero-order valence-corrected chi connectivity index (χ0v) is 19.0. The molecular weight excluding hydrogens is 401 g/mol. The lowest BCUT2D eigenvalue weighted by Crippen LogP contribution is -2.45. The van der Waals surface area contributed by atoms with Crippen molar-refractivity contribution < 1.29 is 12.8 Å². The van der Waals surface area contributed by atoms with Gasteiger partial charge in [-0.3, -0.25) is 4.99 Å². The van der Waals surface area contributed by atoms with Gasteiger partial charge in [0.1, 0.15) is 5.82 Å². The SMILES string of the molecule is CCC(CC)(CNC(=NC)NCc1cc(F)ccc1CS(C)(=O)=O)c1ccccc1. The van der Waals surface area contributed by atoms with Crippen LogP contribution in [-0.2, 0) is 27.5 Å². The summed E-state index contributed by atoms with van der Waals surface area (Å²) in [6.45, 7) is 5.33. The smallest absolute Gasteiger partial charge is 0.191 e. The lowest BCUT2D eigenvalue weighted by Gasteiger charge is -2.33. The second-order valence-corrected chi connectivity index (χ2v) is 9.76. The topological polar surface area (TPSA) is 70.6 Å². The Kier molecular flexibility index (Phi) is 8.41. The Hall–Kier alpha value is -2.41. The Morgan fingerprint density at radius 1 is 1.03 bits per heavy atom. The van der Waals surface area contributed by atoms with Crippen LogP contribution >= 0.6 is 0 Å². The van der Waals surface area contributed by atoms with Crippen molar-refractivity contribution in [3.8, 4) is 0 Å². The van der Waals surface area contributed by atoms with Gasteiger partial charge in [-0.05, 0) is 41.7 Å². The van der Waals surface area contributed by atoms with E-state index in [0.29, 0.717) is 23.6 Å². The molecule has 0 saturated heterocycles. The van der Waals surface area contributed by atoms with E-state index in [4.69, 9.17) is 0 Å². The summed E-state index contributed by atoms with van der Waals surface area (Å²) < 4.78 is 37.1. The highest BCUT2D eigenvalue weighted by atomic mass is 32.2. The second kappa shape index (κ2) is 10.6. The van der Waals surface area contributed by atoms with E-state index in [1.165, 1.54) is 30.0 Å². The highest BCUT2D eigenvalue weighted by Gasteiger charge is 2.28. The quantitative estimate of drug-likeness (QED) is 0.466. The molecular formula is C23H32FN3O2S. The maximum atomic E-state index is 13.7. The molecule has 0 bridgehead atoms. The Balaban J connectivity index is 2.11. The van der Waals surface area contributed by atoms with Crippen molar-refractivity contribution in [2.24, 2.45) is 4.99 Å². The maximum absolute atomic E-state index is 13.7. The summed E-state index contributed by atoms with van der Waals surface area (Å²) in [5, 5.41) is 6.58. The molecule has 0 saturated carbocycles. The number of guanidine groups is 1. The van der Waals surface area contributed by atoms with Crippen LogP contribution in [0, 0.1) is 5.82 Å². The molecule has 0 atom stereocenters. The molecule has 0 aliphatic heterocycles. The second-order valence-electron chi connectivity index (χ2n) is 7.62. The van der Waals surface area contributed by atoms with Crippen LogP contribution in [0.1, 0.15) is 43.4 Å². The fraction of sp³-hybridized carbons (Fsp3) is 0.435. The molecule has 2 N–H and O–H groups in total. The first-order chi connectivity index (χ1) is 14.2. The van der Waals surface area contributed by atoms with Gasteiger partial charge >= 0.3 is 0 Å². The van der Waals surface area contributed by atoms with Gasteiger partial charge in [-0.1, -0.05) is 50.2 Å². The predicted octanol–water partition coefficient (Wildman–Crippen LogP) is 3.79. The zero-order chi connectivity index (χ0) is 22.2. The summed E-state index contributed by atoms with van der Waals surface area (Å²) in [7, 11) is -1.54. The van der Waals surface area contributed by atoms with E-state index in [1.807, 2.05) is 6.07 Å². The molecule has 5 nitrogen and oxygen atoms in total. The third kappa shape index (κ3) is 6.55. The van der Waals surface area contributed by atoms with Crippen molar-refractivity contribution in [3.63, 3.8) is 0 Å². The van der Waals surface area contributed by atoms with Crippen molar-refractivity contribution in [1.82, 2.24) is 10.6 Å². The van der Waals surface area contributed by atoms with Crippen LogP contribution in [0.25, 0.3) is 0 Å². The Morgan fingerprint density at radius 3 is 2.27 bits per heavy atom. The number of sulfone groups is 1. The van der Waals surface area contributed by atoms with Crippen LogP contribution in [0.5, 0.6) is 0 Å². The number of rotatable bonds is 9. The fourth-order valence-corrected chi connectivity index (χ4v) is 4.48. The largest absolute Gasteiger partial charge is 0.356 e. The Bertz CT molecular complexity index is 956. The number of aliphatic imine (C=N–C) groups is 1. The number of halogens is 1. The summed E-state index contributed by atoms with van der Waals surface area (Å²) in [6.07, 6.45) is 3.12. The van der Waals surface area contributed by atoms with E-state index in [2.05, 4.69) is 53.7 Å². The standard InChI is InChI=1S/C23H32FN3O2S/c1-5-23(6-2,20-10-8-7-9-11-20)17-27-22(25-3)26-15-19-14-21(24)13-12-18(19)16-30(4,28)29/h7-14H,5-6,15-17H2,1-4H3,(H2,25,26,27). The number of nitrogens with one attached hydrogen (secondary N) is 2. The van der Waals surface area contributed by atoms with E-state index in [9.17, 15) is 12.8 Å². The van der Waals surface area contributed by atoms with Gasteiger partial charge in [-0.25, -0.2) is 12.8 Å². The van der Waals surface area contributed by atoms with Crippen molar-refractivity contribution >= 4 is 15.8 Å². The lowest BCUT2D eigenvalue weighted by molar-refractivity contribution is 0.389. The molecule has 0 unspecified atom stereocenters. The zero-order valence-electron chi connectivity index (χ0n) is 18.2. The van der Waals surface area contributed by atoms with Crippen LogP contribution in [0.4, 0.5) is 4.39 Å². The molecule has 30 heavy (non-hydrogen) atoms. The molecule has 7 heteroatoms. The summed E-state index contributed by atoms with van der Waals surface area (Å²) in [5.74, 6) is 0.0675. The van der Waals surface area contributed by atoms with Gasteiger partial charge in [-0.2, -0.15) is 0 Å². The molecule has 0 aliphatic rings. The minimum Gasteiger partial charge on any atom is -0.356 e. The first-order valence-corrected chi connectivity index (χ1v) is 12.2. The first-order valence-electron chi connectivity index (χ1n) is 10.2. The molecule has 0 aromatic heterocycles. The predicted molar refractivity (Wildman–Crippen MR) is 122 cm³/mol. The maximum Gasteiger partial charge on any atom is 0.191 e. The molecule has 164 valence electrons. The monoisotopic (exact) mass is 433 g/mol. The number of hydrogen-bond acceptors (Lipinski definition) is 3. The highest BCUT2D eigenvalue weighted by molar-refractivity contribution is 7.89. The van der Waals surface area contributed by atoms with Crippen LogP contribution in [0.15, 0.2) is 53.5 Å². The van der Waals surface area contributed by atoms with Gasteiger partial charge < -0.3 is 10.6 Å². The Labute approximate surface area is 179 Å². The first kappa shape index (κ1) is 23.9. The summed E-state index contributed by atoms with van der Waals surface area (Å²) in [5.41, 5.74) is 2.43. The average Bonchev–Trinajstić information content (AvgIpc) is 2.72. The average molecular weight is 434 g/mol. The molecule has 2 aromatic carbocycles. The third-order valence-corrected chi connectivity index (χ3v) is 6.43. The number of nitrogens with zero attached hydrogens (tertiary/aromatic N) is 1. The van der Waals surface area contributed by atoms with Crippen LogP contribution in [-0.4, -0.2) is 34.2 Å². The van der Waals surface area contributed by atoms with Crippen molar-refractivity contribution in [3.05, 3.63) is 71.0 Å². The van der Waals surface area contributed by atoms with Crippen molar-refractivity contribution in [2.45, 2.75) is 44.4 Å². The molecule has 2 aromatic rings. The van der Waals surface area contributed by atoms with Gasteiger partial charge in [0.15, 0.2) is 15.8 Å². The molecule has 0 radical (unpaired) electrons. The van der Waals surface area contributed by atoms with Crippen molar-refractivity contribution in [1.29, 1.82) is 0 Å². The molecule has 0 aliphatic carbocycles. The molecule has 0 spiro atoms. The number of hydrogen-bond donors (Lipinski definition) is 2. The van der Waals surface area contributed by atoms with E-state index < -0.39 is 15.7 Å². The van der Waals surface area contributed by atoms with E-state index >= 15 is 0 Å². The molecule has 0 fully saturated rings. The van der Waals surface area contributed by atoms with E-state index in [-0.39, 0.29) is 17.7 Å². The summed E-state index contributed by atoms with van der Waals surface area (Å²) >= 11 is 0. The van der Waals surface area contributed by atoms with Gasteiger partial charge in [0, 0.05) is 31.8 Å². The van der Waals surface area contributed by atoms with Crippen LogP contribution in [0.3, 0.4) is 0 Å². The molecule has 0 amide bonds. The van der Waals surface area contributed by atoms with Gasteiger partial charge in [0.2, 0.25) is 0 Å². The number of benzene rings is 2. The summed E-state index contributed by atoms with van der Waals surface area (Å²) in [4.78, 5) is 4.28. The minimum atomic E-state index is -3.22. The van der Waals surface area contributed by atoms with E-state index in [0.717, 1.165) is 12.8 Å². The van der Waals surface area contributed by atoms with Gasteiger partial charge in [0.25, 0.3) is 0 Å². The lowest BCUT2D eigenvalue weighted by atomic mass is 9.76. The van der Waals surface area contributed by atoms with E-state index in [1.54, 1.807) is 7.05 Å².